The molecule has 3 rings (SSSR count). The van der Waals surface area contributed by atoms with Crippen LogP contribution in [-0.4, -0.2) is 41.9 Å². The van der Waals surface area contributed by atoms with Gasteiger partial charge in [0.25, 0.3) is 5.91 Å². The molecule has 0 spiro atoms. The van der Waals surface area contributed by atoms with Crippen molar-refractivity contribution in [1.82, 2.24) is 15.5 Å². The molecule has 1 aliphatic rings. The topological polar surface area (TPSA) is 87.7 Å². The highest BCUT2D eigenvalue weighted by atomic mass is 19.1. The minimum absolute atomic E-state index is 0.168. The fourth-order valence-electron chi connectivity index (χ4n) is 3.24. The highest BCUT2D eigenvalue weighted by molar-refractivity contribution is 6.09. The highest BCUT2D eigenvalue weighted by Gasteiger charge is 2.48. The van der Waals surface area contributed by atoms with E-state index < -0.39 is 29.9 Å². The molecule has 7 nitrogen and oxygen atoms in total. The molecule has 1 atom stereocenters. The summed E-state index contributed by atoms with van der Waals surface area (Å²) in [5, 5.41) is 5.30. The highest BCUT2D eigenvalue weighted by Crippen LogP contribution is 2.27. The van der Waals surface area contributed by atoms with Crippen molar-refractivity contribution in [2.45, 2.75) is 25.4 Å². The molecule has 1 fully saturated rings. The lowest BCUT2D eigenvalue weighted by molar-refractivity contribution is -0.134. The average molecular weight is 399 g/mol. The zero-order valence-corrected chi connectivity index (χ0v) is 16.2. The normalized spacial score (nSPS) is 18.5. The van der Waals surface area contributed by atoms with Crippen LogP contribution >= 0.6 is 0 Å². The lowest BCUT2D eigenvalue weighted by Crippen LogP contribution is -2.46. The van der Waals surface area contributed by atoms with Gasteiger partial charge in [-0.2, -0.15) is 0 Å². The van der Waals surface area contributed by atoms with Crippen LogP contribution in [0.25, 0.3) is 0 Å². The number of methoxy groups -OCH3 is 1. The molecule has 0 saturated carbocycles. The van der Waals surface area contributed by atoms with Crippen molar-refractivity contribution >= 4 is 17.8 Å². The fraction of sp³-hybridized carbons (Fsp3) is 0.286. The van der Waals surface area contributed by atoms with Crippen molar-refractivity contribution < 1.29 is 23.5 Å². The maximum absolute atomic E-state index is 12.9. The summed E-state index contributed by atoms with van der Waals surface area (Å²) in [5.74, 6) is -0.718. The van der Waals surface area contributed by atoms with Crippen LogP contribution in [0, 0.1) is 5.82 Å². The van der Waals surface area contributed by atoms with Crippen LogP contribution in [0.4, 0.5) is 9.18 Å². The summed E-state index contributed by atoms with van der Waals surface area (Å²) in [6, 6.07) is 12.3. The van der Waals surface area contributed by atoms with Gasteiger partial charge in [0, 0.05) is 13.0 Å². The van der Waals surface area contributed by atoms with E-state index in [-0.39, 0.29) is 18.8 Å². The lowest BCUT2D eigenvalue weighted by atomic mass is 9.92. The third-order valence-corrected chi connectivity index (χ3v) is 4.79. The Morgan fingerprint density at radius 1 is 1.17 bits per heavy atom. The standard InChI is InChI=1S/C21H22FN3O4/c1-21(11-15-5-3-4-6-17(15)29-2)19(27)25(20(28)24-21)13-18(26)23-12-14-7-9-16(22)10-8-14/h3-10H,11-13H2,1-2H3,(H,23,26)(H,24,28)/t21-/m1/s1. The second-order valence-corrected chi connectivity index (χ2v) is 7.05. The van der Waals surface area contributed by atoms with Gasteiger partial charge in [-0.05, 0) is 36.2 Å². The van der Waals surface area contributed by atoms with Gasteiger partial charge >= 0.3 is 6.03 Å². The van der Waals surface area contributed by atoms with Crippen molar-refractivity contribution in [2.75, 3.05) is 13.7 Å². The van der Waals surface area contributed by atoms with Crippen LogP contribution < -0.4 is 15.4 Å². The van der Waals surface area contributed by atoms with Gasteiger partial charge in [0.2, 0.25) is 5.91 Å². The number of hydrogen-bond donors (Lipinski definition) is 2. The number of imide groups is 1. The fourth-order valence-corrected chi connectivity index (χ4v) is 3.24. The van der Waals surface area contributed by atoms with Gasteiger partial charge < -0.3 is 15.4 Å². The third-order valence-electron chi connectivity index (χ3n) is 4.79. The third kappa shape index (κ3) is 4.53. The Labute approximate surface area is 167 Å². The molecule has 8 heteroatoms. The summed E-state index contributed by atoms with van der Waals surface area (Å²) < 4.78 is 18.2. The van der Waals surface area contributed by atoms with Crippen LogP contribution in [-0.2, 0) is 22.6 Å². The summed E-state index contributed by atoms with van der Waals surface area (Å²) in [4.78, 5) is 38.3. The Morgan fingerprint density at radius 3 is 2.55 bits per heavy atom. The molecule has 1 saturated heterocycles. The van der Waals surface area contributed by atoms with Gasteiger partial charge in [-0.3, -0.25) is 14.5 Å². The second-order valence-electron chi connectivity index (χ2n) is 7.05. The quantitative estimate of drug-likeness (QED) is 0.697. The summed E-state index contributed by atoms with van der Waals surface area (Å²) in [5.41, 5.74) is 0.301. The number of nitrogens with one attached hydrogen (secondary N) is 2. The second kappa shape index (κ2) is 8.30. The molecular weight excluding hydrogens is 377 g/mol. The molecule has 1 aliphatic heterocycles. The van der Waals surface area contributed by atoms with Gasteiger partial charge in [-0.1, -0.05) is 30.3 Å². The van der Waals surface area contributed by atoms with Crippen LogP contribution in [0.1, 0.15) is 18.1 Å². The Morgan fingerprint density at radius 2 is 1.86 bits per heavy atom. The number of carbonyl (C=O) groups is 3. The minimum atomic E-state index is -1.18. The van der Waals surface area contributed by atoms with Gasteiger partial charge in [0.15, 0.2) is 0 Å². The first-order valence-corrected chi connectivity index (χ1v) is 9.09. The van der Waals surface area contributed by atoms with Gasteiger partial charge in [-0.25, -0.2) is 9.18 Å². The van der Waals surface area contributed by atoms with Crippen molar-refractivity contribution in [1.29, 1.82) is 0 Å². The average Bonchev–Trinajstić information content (AvgIpc) is 2.91. The maximum Gasteiger partial charge on any atom is 0.325 e. The molecule has 0 unspecified atom stereocenters. The van der Waals surface area contributed by atoms with Crippen LogP contribution in [0.15, 0.2) is 48.5 Å². The molecule has 0 bridgehead atoms. The van der Waals surface area contributed by atoms with Crippen LogP contribution in [0.2, 0.25) is 0 Å². The Hall–Kier alpha value is -3.42. The first-order valence-electron chi connectivity index (χ1n) is 9.09. The molecule has 29 heavy (non-hydrogen) atoms. The molecular formula is C21H22FN3O4. The Kier molecular flexibility index (Phi) is 5.81. The van der Waals surface area contributed by atoms with E-state index in [1.807, 2.05) is 18.2 Å². The summed E-state index contributed by atoms with van der Waals surface area (Å²) in [7, 11) is 1.54. The predicted molar refractivity (Wildman–Crippen MR) is 104 cm³/mol. The van der Waals surface area contributed by atoms with E-state index in [1.54, 1.807) is 25.1 Å². The van der Waals surface area contributed by atoms with E-state index in [2.05, 4.69) is 10.6 Å². The number of nitrogens with zero attached hydrogens (tertiary/aromatic N) is 1. The SMILES string of the molecule is COc1ccccc1C[C@@]1(C)NC(=O)N(CC(=O)NCc2ccc(F)cc2)C1=O. The molecule has 0 aliphatic carbocycles. The zero-order chi connectivity index (χ0) is 21.0. The zero-order valence-electron chi connectivity index (χ0n) is 16.2. The number of rotatable bonds is 7. The van der Waals surface area contributed by atoms with Crippen molar-refractivity contribution in [3.05, 3.63) is 65.5 Å². The molecule has 2 aromatic carbocycles. The van der Waals surface area contributed by atoms with E-state index in [4.69, 9.17) is 4.74 Å². The van der Waals surface area contributed by atoms with E-state index in [9.17, 15) is 18.8 Å². The Balaban J connectivity index is 1.63. The number of halogens is 1. The smallest absolute Gasteiger partial charge is 0.325 e. The lowest BCUT2D eigenvalue weighted by Gasteiger charge is -2.22. The number of hydrogen-bond acceptors (Lipinski definition) is 4. The number of carbonyl (C=O) groups excluding carboxylic acids is 3. The largest absolute Gasteiger partial charge is 0.496 e. The molecule has 4 amide bonds. The van der Waals surface area contributed by atoms with E-state index in [0.717, 1.165) is 10.5 Å². The van der Waals surface area contributed by atoms with Crippen LogP contribution in [0.3, 0.4) is 0 Å². The summed E-state index contributed by atoms with van der Waals surface area (Å²) >= 11 is 0. The van der Waals surface area contributed by atoms with E-state index in [0.29, 0.717) is 11.3 Å². The molecule has 0 radical (unpaired) electrons. The van der Waals surface area contributed by atoms with Crippen molar-refractivity contribution in [3.63, 3.8) is 0 Å². The first-order chi connectivity index (χ1) is 13.8. The van der Waals surface area contributed by atoms with Gasteiger partial charge in [0.05, 0.1) is 7.11 Å². The summed E-state index contributed by atoms with van der Waals surface area (Å²) in [6.07, 6.45) is 0.231. The molecule has 2 N–H and O–H groups in total. The van der Waals surface area contributed by atoms with Gasteiger partial charge in [0.1, 0.15) is 23.7 Å². The number of ether oxygens (including phenoxy) is 1. The van der Waals surface area contributed by atoms with Gasteiger partial charge in [-0.15, -0.1) is 0 Å². The first kappa shape index (κ1) is 20.3. The molecule has 152 valence electrons. The van der Waals surface area contributed by atoms with Crippen molar-refractivity contribution in [3.8, 4) is 5.75 Å². The number of benzene rings is 2. The predicted octanol–water partition coefficient (Wildman–Crippen LogP) is 2.00. The summed E-state index contributed by atoms with van der Waals surface area (Å²) in [6.45, 7) is 1.39. The molecule has 0 aromatic heterocycles. The minimum Gasteiger partial charge on any atom is -0.496 e. The monoisotopic (exact) mass is 399 g/mol. The van der Waals surface area contributed by atoms with E-state index >= 15 is 0 Å². The molecule has 2 aromatic rings. The Bertz CT molecular complexity index is 932. The molecule has 1 heterocycles. The maximum atomic E-state index is 12.9. The van der Waals surface area contributed by atoms with E-state index in [1.165, 1.54) is 19.2 Å². The van der Waals surface area contributed by atoms with Crippen LogP contribution in [0.5, 0.6) is 5.75 Å². The number of para-hydroxylation sites is 1. The number of amides is 4. The van der Waals surface area contributed by atoms with Crippen molar-refractivity contribution in [2.24, 2.45) is 0 Å². The number of urea groups is 1.